The number of aromatic nitrogens is 1. The van der Waals surface area contributed by atoms with Crippen LogP contribution in [0, 0.1) is 12.8 Å². The lowest BCUT2D eigenvalue weighted by Gasteiger charge is -2.32. The van der Waals surface area contributed by atoms with Gasteiger partial charge in [-0.05, 0) is 37.8 Å². The molecule has 29 heavy (non-hydrogen) atoms. The first-order valence-electron chi connectivity index (χ1n) is 9.78. The Labute approximate surface area is 177 Å². The van der Waals surface area contributed by atoms with E-state index in [1.807, 2.05) is 20.0 Å². The number of rotatable bonds is 6. The fourth-order valence-electron chi connectivity index (χ4n) is 3.51. The van der Waals surface area contributed by atoms with Gasteiger partial charge in [0.2, 0.25) is 10.0 Å². The van der Waals surface area contributed by atoms with Gasteiger partial charge in [-0.15, -0.1) is 11.3 Å². The van der Waals surface area contributed by atoms with Gasteiger partial charge in [-0.25, -0.2) is 13.4 Å². The summed E-state index contributed by atoms with van der Waals surface area (Å²) in [5.41, 5.74) is 1.04. The molecule has 0 spiro atoms. The van der Waals surface area contributed by atoms with Crippen molar-refractivity contribution in [2.75, 3.05) is 33.7 Å². The van der Waals surface area contributed by atoms with Crippen molar-refractivity contribution in [1.82, 2.24) is 19.5 Å². The van der Waals surface area contributed by atoms with Crippen molar-refractivity contribution in [3.63, 3.8) is 0 Å². The van der Waals surface area contributed by atoms with Gasteiger partial charge in [0.05, 0.1) is 22.1 Å². The molecule has 1 N–H and O–H groups in total. The topological polar surface area (TPSA) is 77.9 Å². The summed E-state index contributed by atoms with van der Waals surface area (Å²) in [6.45, 7) is 4.60. The molecule has 158 valence electrons. The van der Waals surface area contributed by atoms with Crippen LogP contribution in [0.4, 0.5) is 0 Å². The average molecular weight is 436 g/mol. The zero-order valence-electron chi connectivity index (χ0n) is 17.2. The molecule has 1 aromatic heterocycles. The van der Waals surface area contributed by atoms with Gasteiger partial charge in [-0.3, -0.25) is 4.99 Å². The Kier molecular flexibility index (Phi) is 7.26. The van der Waals surface area contributed by atoms with Crippen LogP contribution in [-0.4, -0.2) is 62.3 Å². The summed E-state index contributed by atoms with van der Waals surface area (Å²) in [6, 6.07) is 8.67. The molecule has 1 fully saturated rings. The van der Waals surface area contributed by atoms with Crippen LogP contribution in [0.3, 0.4) is 0 Å². The second kappa shape index (κ2) is 9.69. The number of hydrogen-bond acceptors (Lipinski definition) is 5. The number of nitrogens with zero attached hydrogens (tertiary/aromatic N) is 4. The Hall–Kier alpha value is -1.97. The third kappa shape index (κ3) is 5.55. The molecule has 0 unspecified atom stereocenters. The molecule has 2 aromatic rings. The molecule has 7 nitrogen and oxygen atoms in total. The van der Waals surface area contributed by atoms with Gasteiger partial charge >= 0.3 is 0 Å². The van der Waals surface area contributed by atoms with Crippen LogP contribution >= 0.6 is 11.3 Å². The molecule has 0 atom stereocenters. The van der Waals surface area contributed by atoms with Gasteiger partial charge in [0.15, 0.2) is 5.96 Å². The molecule has 0 amide bonds. The van der Waals surface area contributed by atoms with E-state index in [2.05, 4.69) is 25.6 Å². The first-order valence-corrected chi connectivity index (χ1v) is 12.1. The van der Waals surface area contributed by atoms with Crippen molar-refractivity contribution >= 4 is 27.3 Å². The highest BCUT2D eigenvalue weighted by Gasteiger charge is 2.29. The monoisotopic (exact) mass is 435 g/mol. The highest BCUT2D eigenvalue weighted by molar-refractivity contribution is 7.89. The molecule has 1 aromatic carbocycles. The number of hydrogen-bond donors (Lipinski definition) is 1. The van der Waals surface area contributed by atoms with Crippen LogP contribution in [0.5, 0.6) is 0 Å². The SMILES string of the molecule is CN=C(NCC1CCN(S(=O)(=O)c2ccccc2)CC1)N(C)Cc1csc(C)n1. The van der Waals surface area contributed by atoms with Crippen LogP contribution in [0.15, 0.2) is 45.6 Å². The van der Waals surface area contributed by atoms with Crippen LogP contribution in [-0.2, 0) is 16.6 Å². The summed E-state index contributed by atoms with van der Waals surface area (Å²) in [5.74, 6) is 1.25. The zero-order valence-corrected chi connectivity index (χ0v) is 18.8. The molecular weight excluding hydrogens is 406 g/mol. The number of sulfonamides is 1. The van der Waals surface area contributed by atoms with Gasteiger partial charge in [0.25, 0.3) is 0 Å². The summed E-state index contributed by atoms with van der Waals surface area (Å²) in [4.78, 5) is 11.3. The van der Waals surface area contributed by atoms with Gasteiger partial charge in [-0.1, -0.05) is 18.2 Å². The molecule has 1 aliphatic rings. The Morgan fingerprint density at radius 3 is 2.59 bits per heavy atom. The van der Waals surface area contributed by atoms with E-state index in [4.69, 9.17) is 0 Å². The maximum Gasteiger partial charge on any atom is 0.243 e. The molecule has 2 heterocycles. The number of piperidine rings is 1. The third-order valence-corrected chi connectivity index (χ3v) is 7.88. The molecular formula is C20H29N5O2S2. The first-order chi connectivity index (χ1) is 13.9. The van der Waals surface area contributed by atoms with Crippen LogP contribution < -0.4 is 5.32 Å². The van der Waals surface area contributed by atoms with Crippen molar-refractivity contribution < 1.29 is 8.42 Å². The lowest BCUT2D eigenvalue weighted by atomic mass is 9.98. The molecule has 0 bridgehead atoms. The van der Waals surface area contributed by atoms with E-state index in [0.29, 0.717) is 30.4 Å². The van der Waals surface area contributed by atoms with Crippen molar-refractivity contribution in [2.24, 2.45) is 10.9 Å². The Bertz CT molecular complexity index is 919. The molecule has 9 heteroatoms. The Morgan fingerprint density at radius 2 is 2.00 bits per heavy atom. The fourth-order valence-corrected chi connectivity index (χ4v) is 5.61. The third-order valence-electron chi connectivity index (χ3n) is 5.14. The highest BCUT2D eigenvalue weighted by atomic mass is 32.2. The largest absolute Gasteiger partial charge is 0.356 e. The lowest BCUT2D eigenvalue weighted by Crippen LogP contribution is -2.44. The summed E-state index contributed by atoms with van der Waals surface area (Å²) >= 11 is 1.65. The number of guanidine groups is 1. The van der Waals surface area contributed by atoms with Crippen molar-refractivity contribution in [2.45, 2.75) is 31.2 Å². The van der Waals surface area contributed by atoms with E-state index in [1.165, 1.54) is 0 Å². The second-order valence-electron chi connectivity index (χ2n) is 7.30. The van der Waals surface area contributed by atoms with Gasteiger partial charge in [0, 0.05) is 39.1 Å². The summed E-state index contributed by atoms with van der Waals surface area (Å²) in [5, 5.41) is 6.57. The van der Waals surface area contributed by atoms with Gasteiger partial charge in [-0.2, -0.15) is 4.31 Å². The van der Waals surface area contributed by atoms with Crippen LogP contribution in [0.1, 0.15) is 23.5 Å². The fraction of sp³-hybridized carbons (Fsp3) is 0.500. The normalized spacial score (nSPS) is 16.7. The second-order valence-corrected chi connectivity index (χ2v) is 10.3. The average Bonchev–Trinajstić information content (AvgIpc) is 3.14. The number of benzene rings is 1. The van der Waals surface area contributed by atoms with E-state index in [-0.39, 0.29) is 0 Å². The number of aliphatic imine (C=N–C) groups is 1. The van der Waals surface area contributed by atoms with E-state index in [9.17, 15) is 8.42 Å². The highest BCUT2D eigenvalue weighted by Crippen LogP contribution is 2.23. The Balaban J connectivity index is 1.49. The number of thiazole rings is 1. The predicted octanol–water partition coefficient (Wildman–Crippen LogP) is 2.56. The summed E-state index contributed by atoms with van der Waals surface area (Å²) < 4.78 is 27.1. The molecule has 3 rings (SSSR count). The van der Waals surface area contributed by atoms with Crippen LogP contribution in [0.25, 0.3) is 0 Å². The molecule has 0 aliphatic carbocycles. The van der Waals surface area contributed by atoms with Crippen molar-refractivity contribution in [1.29, 1.82) is 0 Å². The number of nitrogens with one attached hydrogen (secondary N) is 1. The van der Waals surface area contributed by atoms with Crippen molar-refractivity contribution in [3.8, 4) is 0 Å². The minimum atomic E-state index is -3.39. The smallest absolute Gasteiger partial charge is 0.243 e. The quantitative estimate of drug-likeness (QED) is 0.557. The summed E-state index contributed by atoms with van der Waals surface area (Å²) in [6.07, 6.45) is 1.68. The van der Waals surface area contributed by atoms with E-state index < -0.39 is 10.0 Å². The maximum atomic E-state index is 12.8. The van der Waals surface area contributed by atoms with E-state index >= 15 is 0 Å². The summed E-state index contributed by atoms with van der Waals surface area (Å²) in [7, 11) is 0.385. The molecule has 0 saturated carbocycles. The van der Waals surface area contributed by atoms with Crippen LogP contribution in [0.2, 0.25) is 0 Å². The Morgan fingerprint density at radius 1 is 1.31 bits per heavy atom. The molecule has 0 radical (unpaired) electrons. The zero-order chi connectivity index (χ0) is 20.9. The predicted molar refractivity (Wildman–Crippen MR) is 118 cm³/mol. The molecule has 1 aliphatic heterocycles. The van der Waals surface area contributed by atoms with E-state index in [1.54, 1.807) is 47.0 Å². The van der Waals surface area contributed by atoms with Crippen molar-refractivity contribution in [3.05, 3.63) is 46.4 Å². The standard InChI is InChI=1S/C20H29N5O2S2/c1-16-23-18(15-28-16)14-24(3)20(21-2)22-13-17-9-11-25(12-10-17)29(26,27)19-7-5-4-6-8-19/h4-8,15,17H,9-14H2,1-3H3,(H,21,22). The van der Waals surface area contributed by atoms with Gasteiger partial charge < -0.3 is 10.2 Å². The first kappa shape index (κ1) is 21.7. The number of aryl methyl sites for hydroxylation is 1. The minimum absolute atomic E-state index is 0.371. The lowest BCUT2D eigenvalue weighted by molar-refractivity contribution is 0.272. The maximum absolute atomic E-state index is 12.8. The van der Waals surface area contributed by atoms with Gasteiger partial charge in [0.1, 0.15) is 0 Å². The minimum Gasteiger partial charge on any atom is -0.356 e. The molecule has 1 saturated heterocycles. The van der Waals surface area contributed by atoms with E-state index in [0.717, 1.165) is 36.0 Å².